The van der Waals surface area contributed by atoms with E-state index in [0.717, 1.165) is 29.7 Å². The van der Waals surface area contributed by atoms with Crippen molar-refractivity contribution in [2.45, 2.75) is 19.8 Å². The molecule has 0 spiro atoms. The van der Waals surface area contributed by atoms with Crippen LogP contribution in [0, 0.1) is 12.7 Å². The maximum atomic E-state index is 14.6. The molecule has 5 nitrogen and oxygen atoms in total. The number of aromatic nitrogens is 2. The predicted molar refractivity (Wildman–Crippen MR) is 109 cm³/mol. The Labute approximate surface area is 170 Å². The first kappa shape index (κ1) is 18.7. The van der Waals surface area contributed by atoms with Crippen LogP contribution in [0.1, 0.15) is 28.0 Å². The number of benzene rings is 2. The number of amides is 1. The van der Waals surface area contributed by atoms with Crippen LogP contribution in [0.2, 0.25) is 0 Å². The zero-order valence-corrected chi connectivity index (χ0v) is 17.2. The molecule has 3 aromatic rings. The number of ether oxygens (including phenoxy) is 1. The molecule has 4 rings (SSSR count). The largest absolute Gasteiger partial charge is 0.494 e. The Hall–Kier alpha value is -2.67. The Morgan fingerprint density at radius 3 is 2.86 bits per heavy atom. The fraction of sp³-hybridized carbons (Fsp3) is 0.238. The summed E-state index contributed by atoms with van der Waals surface area (Å²) in [6, 6.07) is 10.7. The van der Waals surface area contributed by atoms with Crippen molar-refractivity contribution in [2.75, 3.05) is 18.6 Å². The summed E-state index contributed by atoms with van der Waals surface area (Å²) in [7, 11) is 1.59. The van der Waals surface area contributed by atoms with E-state index in [2.05, 4.69) is 21.0 Å². The van der Waals surface area contributed by atoms with Gasteiger partial charge in [0.15, 0.2) is 5.69 Å². The fourth-order valence-electron chi connectivity index (χ4n) is 3.54. The zero-order chi connectivity index (χ0) is 19.8. The fourth-order valence-corrected chi connectivity index (χ4v) is 4.02. The molecule has 0 radical (unpaired) electrons. The molecule has 1 aliphatic rings. The first-order valence-corrected chi connectivity index (χ1v) is 9.77. The summed E-state index contributed by atoms with van der Waals surface area (Å²) >= 11 is 3.32. The molecule has 0 saturated carbocycles. The Kier molecular flexibility index (Phi) is 4.93. The van der Waals surface area contributed by atoms with Gasteiger partial charge in [-0.15, -0.1) is 0 Å². The second-order valence-electron chi connectivity index (χ2n) is 6.78. The summed E-state index contributed by atoms with van der Waals surface area (Å²) in [4.78, 5) is 14.6. The Balaban J connectivity index is 1.70. The predicted octanol–water partition coefficient (Wildman–Crippen LogP) is 4.68. The number of fused-ring (bicyclic) bond motifs is 1. The van der Waals surface area contributed by atoms with E-state index in [1.54, 1.807) is 24.1 Å². The lowest BCUT2D eigenvalue weighted by Gasteiger charge is -2.29. The van der Waals surface area contributed by atoms with Crippen molar-refractivity contribution >= 4 is 27.5 Å². The number of nitrogens with zero attached hydrogens (tertiary/aromatic N) is 3. The maximum Gasteiger partial charge on any atom is 0.278 e. The van der Waals surface area contributed by atoms with Crippen molar-refractivity contribution in [2.24, 2.45) is 0 Å². The molecule has 0 bridgehead atoms. The van der Waals surface area contributed by atoms with Crippen molar-refractivity contribution in [3.8, 4) is 11.4 Å². The smallest absolute Gasteiger partial charge is 0.278 e. The van der Waals surface area contributed by atoms with Crippen molar-refractivity contribution < 1.29 is 13.9 Å². The van der Waals surface area contributed by atoms with Gasteiger partial charge in [-0.05, 0) is 61.2 Å². The van der Waals surface area contributed by atoms with Crippen LogP contribution in [0.4, 0.5) is 10.1 Å². The van der Waals surface area contributed by atoms with Gasteiger partial charge in [0.25, 0.3) is 5.91 Å². The summed E-state index contributed by atoms with van der Waals surface area (Å²) < 4.78 is 22.3. The van der Waals surface area contributed by atoms with Crippen molar-refractivity contribution in [1.82, 2.24) is 9.78 Å². The third-order valence-corrected chi connectivity index (χ3v) is 5.30. The molecular weight excluding hydrogens is 425 g/mol. The highest BCUT2D eigenvalue weighted by Gasteiger charge is 2.28. The molecule has 144 valence electrons. The van der Waals surface area contributed by atoms with E-state index in [0.29, 0.717) is 22.5 Å². The number of halogens is 2. The van der Waals surface area contributed by atoms with Gasteiger partial charge in [-0.1, -0.05) is 22.0 Å². The normalized spacial score (nSPS) is 13.4. The number of carbonyl (C=O) groups is 1. The van der Waals surface area contributed by atoms with E-state index in [-0.39, 0.29) is 11.6 Å². The molecule has 0 saturated heterocycles. The van der Waals surface area contributed by atoms with Crippen molar-refractivity contribution in [3.05, 3.63) is 69.7 Å². The minimum Gasteiger partial charge on any atom is -0.494 e. The summed E-state index contributed by atoms with van der Waals surface area (Å²) in [5, 5.41) is 4.44. The van der Waals surface area contributed by atoms with Gasteiger partial charge in [0.05, 0.1) is 12.8 Å². The third kappa shape index (κ3) is 3.30. The quantitative estimate of drug-likeness (QED) is 0.589. The van der Waals surface area contributed by atoms with Gasteiger partial charge in [0.1, 0.15) is 17.3 Å². The Bertz CT molecular complexity index is 1060. The lowest BCUT2D eigenvalue weighted by molar-refractivity contribution is 0.0979. The van der Waals surface area contributed by atoms with Crippen molar-refractivity contribution in [1.29, 1.82) is 0 Å². The van der Waals surface area contributed by atoms with Crippen LogP contribution in [0.5, 0.6) is 5.75 Å². The molecule has 1 amide bonds. The minimum absolute atomic E-state index is 0.263. The van der Waals surface area contributed by atoms with Crippen molar-refractivity contribution in [3.63, 3.8) is 0 Å². The number of rotatable bonds is 3. The van der Waals surface area contributed by atoms with Crippen LogP contribution >= 0.6 is 15.9 Å². The average molecular weight is 444 g/mol. The van der Waals surface area contributed by atoms with Gasteiger partial charge in [-0.3, -0.25) is 4.79 Å². The van der Waals surface area contributed by atoms with Crippen LogP contribution in [0.3, 0.4) is 0 Å². The lowest BCUT2D eigenvalue weighted by atomic mass is 10.0. The number of carbonyl (C=O) groups excluding carboxylic acids is 1. The number of aryl methyl sites for hydroxylation is 2. The van der Waals surface area contributed by atoms with Gasteiger partial charge in [-0.25, -0.2) is 9.07 Å². The summed E-state index contributed by atoms with van der Waals surface area (Å²) in [6.07, 6.45) is 3.23. The molecular formula is C21H19BrFN3O2. The van der Waals surface area contributed by atoms with E-state index in [4.69, 9.17) is 4.74 Å². The molecule has 1 aliphatic heterocycles. The number of hydrogen-bond donors (Lipinski definition) is 0. The van der Waals surface area contributed by atoms with Gasteiger partial charge in [0, 0.05) is 17.2 Å². The second-order valence-corrected chi connectivity index (χ2v) is 7.69. The molecule has 2 aromatic carbocycles. The van der Waals surface area contributed by atoms with Crippen LogP contribution < -0.4 is 9.64 Å². The van der Waals surface area contributed by atoms with Crippen LogP contribution in [0.15, 0.2) is 47.1 Å². The first-order valence-electron chi connectivity index (χ1n) is 8.98. The number of hydrogen-bond acceptors (Lipinski definition) is 3. The summed E-state index contributed by atoms with van der Waals surface area (Å²) in [5.41, 5.74) is 3.24. The van der Waals surface area contributed by atoms with E-state index >= 15 is 0 Å². The molecule has 0 atom stereocenters. The molecule has 28 heavy (non-hydrogen) atoms. The molecule has 2 heterocycles. The highest BCUT2D eigenvalue weighted by molar-refractivity contribution is 9.10. The van der Waals surface area contributed by atoms with Crippen LogP contribution in [-0.2, 0) is 6.42 Å². The summed E-state index contributed by atoms with van der Waals surface area (Å²) in [5.74, 6) is -0.0586. The Morgan fingerprint density at radius 1 is 1.25 bits per heavy atom. The van der Waals surface area contributed by atoms with E-state index in [9.17, 15) is 9.18 Å². The standard InChI is InChI=1S/C21H19BrFN3O2/c1-13-5-6-19(28-2)18(10-13)26-9-7-17(24-26)21(27)25-8-3-4-14-11-15(22)12-16(23)20(14)25/h5-7,9-12H,3-4,8H2,1-2H3. The van der Waals surface area contributed by atoms with Crippen LogP contribution in [0.25, 0.3) is 5.69 Å². The van der Waals surface area contributed by atoms with E-state index in [1.165, 1.54) is 11.0 Å². The molecule has 0 aliphatic carbocycles. The molecule has 0 unspecified atom stereocenters. The monoisotopic (exact) mass is 443 g/mol. The summed E-state index contributed by atoms with van der Waals surface area (Å²) in [6.45, 7) is 2.44. The molecule has 0 fully saturated rings. The van der Waals surface area contributed by atoms with E-state index < -0.39 is 5.82 Å². The van der Waals surface area contributed by atoms with Gasteiger partial charge < -0.3 is 9.64 Å². The lowest BCUT2D eigenvalue weighted by Crippen LogP contribution is -2.36. The molecule has 1 aromatic heterocycles. The van der Waals surface area contributed by atoms with Gasteiger partial charge in [-0.2, -0.15) is 5.10 Å². The second kappa shape index (κ2) is 7.39. The first-order chi connectivity index (χ1) is 13.5. The third-order valence-electron chi connectivity index (χ3n) is 4.84. The number of anilines is 1. The van der Waals surface area contributed by atoms with E-state index in [1.807, 2.05) is 31.2 Å². The maximum absolute atomic E-state index is 14.6. The molecule has 7 heteroatoms. The Morgan fingerprint density at radius 2 is 2.07 bits per heavy atom. The SMILES string of the molecule is COc1ccc(C)cc1-n1ccc(C(=O)N2CCCc3cc(Br)cc(F)c32)n1. The average Bonchev–Trinajstić information content (AvgIpc) is 3.16. The minimum atomic E-state index is -0.405. The highest BCUT2D eigenvalue weighted by atomic mass is 79.9. The van der Waals surface area contributed by atoms with Crippen LogP contribution in [-0.4, -0.2) is 29.3 Å². The topological polar surface area (TPSA) is 47.4 Å². The molecule has 0 N–H and O–H groups in total. The van der Waals surface area contributed by atoms with Gasteiger partial charge >= 0.3 is 0 Å². The van der Waals surface area contributed by atoms with Gasteiger partial charge in [0.2, 0.25) is 0 Å². The zero-order valence-electron chi connectivity index (χ0n) is 15.6. The highest BCUT2D eigenvalue weighted by Crippen LogP contribution is 2.34. The number of methoxy groups -OCH3 is 1.